The van der Waals surface area contributed by atoms with Crippen LogP contribution in [0.3, 0.4) is 0 Å². The van der Waals surface area contributed by atoms with Crippen LogP contribution in [0.1, 0.15) is 12.5 Å². The molecular formula is C19H23FN2O4S. The first-order valence-electron chi connectivity index (χ1n) is 8.46. The summed E-state index contributed by atoms with van der Waals surface area (Å²) in [5, 5.41) is 0. The van der Waals surface area contributed by atoms with E-state index in [1.165, 1.54) is 37.1 Å². The summed E-state index contributed by atoms with van der Waals surface area (Å²) < 4.78 is 45.8. The lowest BCUT2D eigenvalue weighted by Gasteiger charge is -2.21. The number of benzene rings is 2. The van der Waals surface area contributed by atoms with Crippen molar-refractivity contribution in [3.8, 4) is 5.75 Å². The zero-order valence-corrected chi connectivity index (χ0v) is 16.1. The van der Waals surface area contributed by atoms with Crippen molar-refractivity contribution in [1.82, 2.24) is 9.62 Å². The van der Waals surface area contributed by atoms with Crippen LogP contribution in [0.4, 0.5) is 4.39 Å². The van der Waals surface area contributed by atoms with Gasteiger partial charge in [0.15, 0.2) is 0 Å². The molecule has 1 N–H and O–H groups in total. The fourth-order valence-corrected chi connectivity index (χ4v) is 3.56. The van der Waals surface area contributed by atoms with Gasteiger partial charge in [-0.3, -0.25) is 4.79 Å². The van der Waals surface area contributed by atoms with E-state index in [1.54, 1.807) is 30.3 Å². The van der Waals surface area contributed by atoms with Gasteiger partial charge in [-0.2, -0.15) is 0 Å². The summed E-state index contributed by atoms with van der Waals surface area (Å²) >= 11 is 0. The van der Waals surface area contributed by atoms with Crippen LogP contribution in [0, 0.1) is 5.82 Å². The zero-order valence-electron chi connectivity index (χ0n) is 15.3. The lowest BCUT2D eigenvalue weighted by atomic mass is 10.1. The minimum Gasteiger partial charge on any atom is -0.497 e. The van der Waals surface area contributed by atoms with Crippen LogP contribution in [0.25, 0.3) is 0 Å². The second-order valence-corrected chi connectivity index (χ2v) is 7.69. The van der Waals surface area contributed by atoms with E-state index < -0.39 is 10.0 Å². The molecule has 0 radical (unpaired) electrons. The number of methoxy groups -OCH3 is 1. The summed E-state index contributed by atoms with van der Waals surface area (Å²) in [6.07, 6.45) is 0.359. The lowest BCUT2D eigenvalue weighted by molar-refractivity contribution is -0.128. The van der Waals surface area contributed by atoms with Gasteiger partial charge >= 0.3 is 0 Å². The van der Waals surface area contributed by atoms with Crippen molar-refractivity contribution in [3.05, 3.63) is 59.9 Å². The predicted octanol–water partition coefficient (Wildman–Crippen LogP) is 2.20. The second kappa shape index (κ2) is 9.48. The second-order valence-electron chi connectivity index (χ2n) is 5.92. The average molecular weight is 394 g/mol. The number of ether oxygens (including phenoxy) is 1. The monoisotopic (exact) mass is 394 g/mol. The summed E-state index contributed by atoms with van der Waals surface area (Å²) in [6, 6.07) is 12.4. The Morgan fingerprint density at radius 3 is 2.37 bits per heavy atom. The SMILES string of the molecule is COc1ccc(S(=O)(=O)NCCN(CCc2ccccc2F)C(C)=O)cc1. The minimum absolute atomic E-state index is 0.0607. The maximum Gasteiger partial charge on any atom is 0.240 e. The largest absolute Gasteiger partial charge is 0.497 e. The molecule has 0 spiro atoms. The molecule has 2 rings (SSSR count). The molecule has 8 heteroatoms. The number of carbonyl (C=O) groups is 1. The lowest BCUT2D eigenvalue weighted by Crippen LogP contribution is -2.38. The Balaban J connectivity index is 1.91. The molecule has 2 aromatic carbocycles. The highest BCUT2D eigenvalue weighted by molar-refractivity contribution is 7.89. The summed E-state index contributed by atoms with van der Waals surface area (Å²) in [7, 11) is -2.18. The maximum atomic E-state index is 13.7. The van der Waals surface area contributed by atoms with E-state index in [2.05, 4.69) is 4.72 Å². The van der Waals surface area contributed by atoms with Crippen LogP contribution in [-0.2, 0) is 21.2 Å². The molecule has 0 fully saturated rings. The summed E-state index contributed by atoms with van der Waals surface area (Å²) in [5.74, 6) is 0.0426. The number of halogens is 1. The first kappa shape index (κ1) is 20.9. The van der Waals surface area contributed by atoms with Gasteiger partial charge in [-0.25, -0.2) is 17.5 Å². The van der Waals surface area contributed by atoms with Crippen LogP contribution in [0.15, 0.2) is 53.4 Å². The molecule has 27 heavy (non-hydrogen) atoms. The quantitative estimate of drug-likeness (QED) is 0.708. The number of sulfonamides is 1. The molecule has 6 nitrogen and oxygen atoms in total. The maximum absolute atomic E-state index is 13.7. The Morgan fingerprint density at radius 1 is 1.11 bits per heavy atom. The van der Waals surface area contributed by atoms with Crippen molar-refractivity contribution >= 4 is 15.9 Å². The minimum atomic E-state index is -3.68. The molecule has 0 aromatic heterocycles. The van der Waals surface area contributed by atoms with Gasteiger partial charge in [-0.05, 0) is 42.3 Å². The molecule has 0 bridgehead atoms. The molecule has 0 aliphatic heterocycles. The van der Waals surface area contributed by atoms with Gasteiger partial charge in [0.05, 0.1) is 12.0 Å². The topological polar surface area (TPSA) is 75.7 Å². The fourth-order valence-electron chi connectivity index (χ4n) is 2.54. The van der Waals surface area contributed by atoms with E-state index in [0.29, 0.717) is 24.3 Å². The Bertz CT molecular complexity index is 870. The van der Waals surface area contributed by atoms with E-state index >= 15 is 0 Å². The molecule has 0 aliphatic rings. The number of amides is 1. The fraction of sp³-hybridized carbons (Fsp3) is 0.316. The van der Waals surface area contributed by atoms with Crippen molar-refractivity contribution in [2.75, 3.05) is 26.7 Å². The van der Waals surface area contributed by atoms with Gasteiger partial charge < -0.3 is 9.64 Å². The molecular weight excluding hydrogens is 371 g/mol. The van der Waals surface area contributed by atoms with Gasteiger partial charge in [-0.1, -0.05) is 18.2 Å². The molecule has 0 heterocycles. The van der Waals surface area contributed by atoms with Gasteiger partial charge in [0.25, 0.3) is 0 Å². The van der Waals surface area contributed by atoms with Crippen LogP contribution >= 0.6 is 0 Å². The summed E-state index contributed by atoms with van der Waals surface area (Å²) in [4.78, 5) is 13.4. The Labute approximate surface area is 159 Å². The number of rotatable bonds is 9. The van der Waals surface area contributed by atoms with E-state index in [1.807, 2.05) is 0 Å². The van der Waals surface area contributed by atoms with E-state index in [9.17, 15) is 17.6 Å². The van der Waals surface area contributed by atoms with Gasteiger partial charge in [0, 0.05) is 26.6 Å². The van der Waals surface area contributed by atoms with Crippen molar-refractivity contribution in [2.45, 2.75) is 18.2 Å². The third-order valence-corrected chi connectivity index (χ3v) is 5.57. The normalized spacial score (nSPS) is 11.2. The van der Waals surface area contributed by atoms with Crippen molar-refractivity contribution < 1.29 is 22.3 Å². The van der Waals surface area contributed by atoms with Crippen molar-refractivity contribution in [2.24, 2.45) is 0 Å². The molecule has 0 atom stereocenters. The van der Waals surface area contributed by atoms with E-state index in [-0.39, 0.29) is 29.7 Å². The first-order chi connectivity index (χ1) is 12.8. The highest BCUT2D eigenvalue weighted by Crippen LogP contribution is 2.15. The highest BCUT2D eigenvalue weighted by Gasteiger charge is 2.15. The van der Waals surface area contributed by atoms with E-state index in [0.717, 1.165) is 0 Å². The zero-order chi connectivity index (χ0) is 19.9. The number of nitrogens with zero attached hydrogens (tertiary/aromatic N) is 1. The number of nitrogens with one attached hydrogen (secondary N) is 1. The molecule has 2 aromatic rings. The standard InChI is InChI=1S/C19H23FN2O4S/c1-15(23)22(13-11-16-5-3-4-6-19(16)20)14-12-21-27(24,25)18-9-7-17(26-2)8-10-18/h3-10,21H,11-14H2,1-2H3. The third kappa shape index (κ3) is 6.04. The Morgan fingerprint density at radius 2 is 1.78 bits per heavy atom. The summed E-state index contributed by atoms with van der Waals surface area (Å²) in [6.45, 7) is 1.96. The van der Waals surface area contributed by atoms with Crippen LogP contribution in [-0.4, -0.2) is 46.0 Å². The van der Waals surface area contributed by atoms with Crippen molar-refractivity contribution in [1.29, 1.82) is 0 Å². The number of hydrogen-bond donors (Lipinski definition) is 1. The molecule has 146 valence electrons. The van der Waals surface area contributed by atoms with E-state index in [4.69, 9.17) is 4.74 Å². The summed E-state index contributed by atoms with van der Waals surface area (Å²) in [5.41, 5.74) is 0.516. The molecule has 1 amide bonds. The average Bonchev–Trinajstić information content (AvgIpc) is 2.65. The highest BCUT2D eigenvalue weighted by atomic mass is 32.2. The predicted molar refractivity (Wildman–Crippen MR) is 101 cm³/mol. The Kier molecular flexibility index (Phi) is 7.32. The first-order valence-corrected chi connectivity index (χ1v) is 9.94. The smallest absolute Gasteiger partial charge is 0.240 e. The van der Waals surface area contributed by atoms with Crippen molar-refractivity contribution in [3.63, 3.8) is 0 Å². The van der Waals surface area contributed by atoms with Gasteiger partial charge in [-0.15, -0.1) is 0 Å². The van der Waals surface area contributed by atoms with Gasteiger partial charge in [0.1, 0.15) is 11.6 Å². The number of hydrogen-bond acceptors (Lipinski definition) is 4. The Hall–Kier alpha value is -2.45. The van der Waals surface area contributed by atoms with Crippen LogP contribution in [0.2, 0.25) is 0 Å². The molecule has 0 saturated carbocycles. The van der Waals surface area contributed by atoms with Gasteiger partial charge in [0.2, 0.25) is 15.9 Å². The third-order valence-electron chi connectivity index (χ3n) is 4.10. The molecule has 0 saturated heterocycles. The van der Waals surface area contributed by atoms with Crippen LogP contribution in [0.5, 0.6) is 5.75 Å². The molecule has 0 unspecified atom stereocenters. The van der Waals surface area contributed by atoms with Crippen LogP contribution < -0.4 is 9.46 Å². The molecule has 0 aliphatic carbocycles. The number of carbonyl (C=O) groups excluding carboxylic acids is 1.